The molecule has 3 N–H and O–H groups in total. The fourth-order valence-electron chi connectivity index (χ4n) is 2.07. The van der Waals surface area contributed by atoms with Crippen LogP contribution in [0.1, 0.15) is 28.1 Å². The summed E-state index contributed by atoms with van der Waals surface area (Å²) in [5.41, 5.74) is 0.294. The number of methoxy groups -OCH3 is 1. The second kappa shape index (κ2) is 12.2. The van der Waals surface area contributed by atoms with Crippen molar-refractivity contribution in [2.24, 2.45) is 0 Å². The van der Waals surface area contributed by atoms with E-state index in [1.165, 1.54) is 31.4 Å². The van der Waals surface area contributed by atoms with E-state index >= 15 is 0 Å². The lowest BCUT2D eigenvalue weighted by atomic mass is 10.2. The number of rotatable bonds is 6. The maximum absolute atomic E-state index is 11.4. The topological polar surface area (TPSA) is 156 Å². The number of nitrogens with one attached hydrogen (secondary N) is 2. The van der Waals surface area contributed by atoms with Gasteiger partial charge in [0, 0.05) is 8.95 Å². The molecule has 0 aliphatic carbocycles. The zero-order valence-corrected chi connectivity index (χ0v) is 21.1. The number of aromatic carboxylic acids is 1. The van der Waals surface area contributed by atoms with Gasteiger partial charge >= 0.3 is 11.9 Å². The highest BCUT2D eigenvalue weighted by Crippen LogP contribution is 2.23. The van der Waals surface area contributed by atoms with E-state index in [4.69, 9.17) is 5.11 Å². The van der Waals surface area contributed by atoms with Gasteiger partial charge in [0.25, 0.3) is 0 Å². The first-order chi connectivity index (χ1) is 14.1. The lowest BCUT2D eigenvalue weighted by Gasteiger charge is -2.09. The van der Waals surface area contributed by atoms with E-state index in [0.29, 0.717) is 8.95 Å². The van der Waals surface area contributed by atoms with Gasteiger partial charge in [0.2, 0.25) is 20.0 Å². The van der Waals surface area contributed by atoms with Crippen LogP contribution < -0.4 is 9.44 Å². The number of carbonyl (C=O) groups excluding carboxylic acids is 1. The molecule has 0 aliphatic rings. The van der Waals surface area contributed by atoms with Gasteiger partial charge in [-0.05, 0) is 36.4 Å². The Morgan fingerprint density at radius 3 is 1.56 bits per heavy atom. The number of hydrogen-bond acceptors (Lipinski definition) is 7. The molecule has 0 radical (unpaired) electrons. The van der Waals surface area contributed by atoms with E-state index < -0.39 is 32.0 Å². The molecule has 0 aliphatic heterocycles. The second-order valence-corrected chi connectivity index (χ2v) is 11.3. The highest BCUT2D eigenvalue weighted by Gasteiger charge is 2.15. The zero-order chi connectivity index (χ0) is 24.0. The van der Waals surface area contributed by atoms with Crippen molar-refractivity contribution in [1.82, 2.24) is 0 Å². The Labute approximate surface area is 203 Å². The Balaban J connectivity index is 0.000000584. The Kier molecular flexibility index (Phi) is 11.4. The third-order valence-corrected chi connectivity index (χ3v) is 5.36. The van der Waals surface area contributed by atoms with Gasteiger partial charge in [-0.2, -0.15) is 0 Å². The van der Waals surface area contributed by atoms with Crippen molar-refractivity contribution in [1.29, 1.82) is 0 Å². The van der Waals surface area contributed by atoms with E-state index in [1.54, 1.807) is 12.1 Å². The number of carboxylic acid groups (broad SMARTS) is 1. The van der Waals surface area contributed by atoms with Crippen LogP contribution in [0.4, 0.5) is 11.4 Å². The third-order valence-electron chi connectivity index (χ3n) is 3.19. The molecule has 178 valence electrons. The molecule has 2 aromatic rings. The molecule has 0 heterocycles. The van der Waals surface area contributed by atoms with Crippen molar-refractivity contribution in [3.63, 3.8) is 0 Å². The molecular formula is C18H22Br2N2O8S2. The van der Waals surface area contributed by atoms with Gasteiger partial charge < -0.3 is 9.84 Å². The monoisotopic (exact) mass is 616 g/mol. The van der Waals surface area contributed by atoms with Crippen molar-refractivity contribution in [2.75, 3.05) is 29.1 Å². The first-order valence-electron chi connectivity index (χ1n) is 7.99. The van der Waals surface area contributed by atoms with Gasteiger partial charge in [-0.1, -0.05) is 39.3 Å². The molecule has 0 spiro atoms. The fraction of sp³-hybridized carbons (Fsp3) is 0.222. The lowest BCUT2D eigenvalue weighted by molar-refractivity contribution is 0.0601. The van der Waals surface area contributed by atoms with E-state index in [9.17, 15) is 26.4 Å². The van der Waals surface area contributed by atoms with Gasteiger partial charge in [-0.25, -0.2) is 26.4 Å². The SMILES string of the molecule is C.COC(=O)c1cc(Br)ccc1NS(C)(=O)=O.CS(=O)(=O)Nc1ccc(Br)cc1C(=O)O. The van der Waals surface area contributed by atoms with Crippen LogP contribution in [0.15, 0.2) is 45.3 Å². The maximum atomic E-state index is 11.4. The number of esters is 1. The van der Waals surface area contributed by atoms with Crippen LogP contribution in [0.5, 0.6) is 0 Å². The number of ether oxygens (including phenoxy) is 1. The van der Waals surface area contributed by atoms with Crippen LogP contribution in [0.2, 0.25) is 0 Å². The van der Waals surface area contributed by atoms with Crippen molar-refractivity contribution in [2.45, 2.75) is 7.43 Å². The minimum atomic E-state index is -3.47. The number of carboxylic acids is 1. The summed E-state index contributed by atoms with van der Waals surface area (Å²) in [6.45, 7) is 0. The predicted octanol–water partition coefficient (Wildman–Crippen LogP) is 3.76. The Bertz CT molecular complexity index is 1200. The predicted molar refractivity (Wildman–Crippen MR) is 130 cm³/mol. The van der Waals surface area contributed by atoms with Gasteiger partial charge in [0.05, 0.1) is 42.1 Å². The highest BCUT2D eigenvalue weighted by atomic mass is 79.9. The minimum absolute atomic E-state index is 0. The average Bonchev–Trinajstić information content (AvgIpc) is 2.62. The van der Waals surface area contributed by atoms with Crippen molar-refractivity contribution in [3.8, 4) is 0 Å². The Morgan fingerprint density at radius 1 is 0.844 bits per heavy atom. The first-order valence-corrected chi connectivity index (χ1v) is 13.4. The van der Waals surface area contributed by atoms with Crippen LogP contribution in [0.25, 0.3) is 0 Å². The number of halogens is 2. The number of hydrogen-bond donors (Lipinski definition) is 3. The summed E-state index contributed by atoms with van der Waals surface area (Å²) < 4.78 is 54.2. The van der Waals surface area contributed by atoms with E-state index in [0.717, 1.165) is 12.5 Å². The normalized spacial score (nSPS) is 10.7. The molecule has 0 amide bonds. The number of benzene rings is 2. The third kappa shape index (κ3) is 10.4. The Morgan fingerprint density at radius 2 is 1.22 bits per heavy atom. The molecule has 0 bridgehead atoms. The molecule has 32 heavy (non-hydrogen) atoms. The van der Waals surface area contributed by atoms with E-state index in [1.807, 2.05) is 0 Å². The molecule has 0 fully saturated rings. The summed E-state index contributed by atoms with van der Waals surface area (Å²) in [4.78, 5) is 22.2. The van der Waals surface area contributed by atoms with Crippen LogP contribution in [0.3, 0.4) is 0 Å². The largest absolute Gasteiger partial charge is 0.478 e. The van der Waals surface area contributed by atoms with Crippen LogP contribution in [0, 0.1) is 0 Å². The molecule has 0 saturated heterocycles. The molecule has 2 aromatic carbocycles. The molecule has 2 rings (SSSR count). The van der Waals surface area contributed by atoms with Gasteiger partial charge in [-0.15, -0.1) is 0 Å². The van der Waals surface area contributed by atoms with Crippen LogP contribution >= 0.6 is 31.9 Å². The van der Waals surface area contributed by atoms with Crippen LogP contribution in [-0.2, 0) is 24.8 Å². The second-order valence-electron chi connectivity index (χ2n) is 5.93. The highest BCUT2D eigenvalue weighted by molar-refractivity contribution is 9.10. The van der Waals surface area contributed by atoms with E-state index in [2.05, 4.69) is 46.0 Å². The summed E-state index contributed by atoms with van der Waals surface area (Å²) >= 11 is 6.29. The van der Waals surface area contributed by atoms with Crippen molar-refractivity contribution >= 4 is 75.2 Å². The minimum Gasteiger partial charge on any atom is -0.478 e. The molecule has 0 saturated carbocycles. The zero-order valence-electron chi connectivity index (χ0n) is 16.3. The molecule has 10 nitrogen and oxygen atoms in total. The summed E-state index contributed by atoms with van der Waals surface area (Å²) in [5, 5.41) is 8.83. The number of anilines is 2. The summed E-state index contributed by atoms with van der Waals surface area (Å²) in [6.07, 6.45) is 1.97. The molecule has 0 unspecified atom stereocenters. The lowest BCUT2D eigenvalue weighted by Crippen LogP contribution is -2.14. The fourth-order valence-corrected chi connectivity index (χ4v) is 3.94. The van der Waals surface area contributed by atoms with Gasteiger partial charge in [0.15, 0.2) is 0 Å². The molecule has 0 atom stereocenters. The average molecular weight is 618 g/mol. The molecule has 0 aromatic heterocycles. The van der Waals surface area contributed by atoms with Gasteiger partial charge in [0.1, 0.15) is 0 Å². The first kappa shape index (κ1) is 29.8. The standard InChI is InChI=1S/C9H10BrNO4S.C8H8BrNO4S.CH4/c1-15-9(12)7-5-6(10)3-4-8(7)11-16(2,13)14;1-15(13,14)10-7-3-2-5(9)4-6(7)8(11)12;/h3-5,11H,1-2H3;2-4,10H,1H3,(H,11,12);1H4. The summed E-state index contributed by atoms with van der Waals surface area (Å²) in [7, 11) is -5.67. The Hall–Kier alpha value is -2.16. The summed E-state index contributed by atoms with van der Waals surface area (Å²) in [5.74, 6) is -1.80. The number of carbonyl (C=O) groups is 2. The molecule has 14 heteroatoms. The van der Waals surface area contributed by atoms with Crippen LogP contribution in [-0.4, -0.2) is 53.5 Å². The van der Waals surface area contributed by atoms with Crippen molar-refractivity contribution < 1.29 is 36.3 Å². The quantitative estimate of drug-likeness (QED) is 0.414. The van der Waals surface area contributed by atoms with Gasteiger partial charge in [-0.3, -0.25) is 9.44 Å². The number of sulfonamides is 2. The molecular weight excluding hydrogens is 596 g/mol. The smallest absolute Gasteiger partial charge is 0.340 e. The summed E-state index contributed by atoms with van der Waals surface area (Å²) in [6, 6.07) is 8.86. The van der Waals surface area contributed by atoms with E-state index in [-0.39, 0.29) is 29.9 Å². The van der Waals surface area contributed by atoms with Crippen molar-refractivity contribution in [3.05, 3.63) is 56.5 Å². The maximum Gasteiger partial charge on any atom is 0.340 e.